The molecule has 144 valence electrons. The van der Waals surface area contributed by atoms with Gasteiger partial charge in [-0.2, -0.15) is 0 Å². The first-order valence-corrected chi connectivity index (χ1v) is 10.0. The van der Waals surface area contributed by atoms with Crippen LogP contribution in [-0.2, 0) is 4.79 Å². The largest absolute Gasteiger partial charge is 0.368 e. The molecule has 2 aromatic carbocycles. The van der Waals surface area contributed by atoms with E-state index in [-0.39, 0.29) is 11.9 Å². The number of aryl methyl sites for hydroxylation is 1. The first kappa shape index (κ1) is 19.7. The van der Waals surface area contributed by atoms with E-state index in [2.05, 4.69) is 49.2 Å². The number of amides is 1. The molecule has 27 heavy (non-hydrogen) atoms. The van der Waals surface area contributed by atoms with Crippen molar-refractivity contribution in [3.63, 3.8) is 0 Å². The van der Waals surface area contributed by atoms with Crippen molar-refractivity contribution < 1.29 is 10.1 Å². The van der Waals surface area contributed by atoms with Crippen LogP contribution >= 0.6 is 11.6 Å². The number of halogens is 1. The quantitative estimate of drug-likeness (QED) is 0.858. The summed E-state index contributed by atoms with van der Waals surface area (Å²) in [6.45, 7) is 10.2. The summed E-state index contributed by atoms with van der Waals surface area (Å²) in [4.78, 5) is 17.0. The Hall–Kier alpha value is -2.04. The van der Waals surface area contributed by atoms with Crippen molar-refractivity contribution >= 4 is 23.2 Å². The lowest BCUT2D eigenvalue weighted by Gasteiger charge is -2.36. The molecule has 0 aliphatic carbocycles. The number of nitrogens with two attached hydrogens (primary N) is 1. The zero-order valence-electron chi connectivity index (χ0n) is 16.4. The highest BCUT2D eigenvalue weighted by atomic mass is 35.5. The molecule has 1 aliphatic rings. The lowest BCUT2D eigenvalue weighted by Crippen LogP contribution is -2.87. The molecular formula is C22H29ClN3O+. The van der Waals surface area contributed by atoms with Gasteiger partial charge < -0.3 is 15.1 Å². The maximum atomic E-state index is 12.6. The van der Waals surface area contributed by atoms with Gasteiger partial charge in [0.05, 0.1) is 0 Å². The summed E-state index contributed by atoms with van der Waals surface area (Å²) >= 11 is 6.26. The van der Waals surface area contributed by atoms with Crippen molar-refractivity contribution in [2.75, 3.05) is 37.6 Å². The maximum Gasteiger partial charge on any atom is 0.277 e. The van der Waals surface area contributed by atoms with Crippen molar-refractivity contribution in [3.05, 3.63) is 64.2 Å². The van der Waals surface area contributed by atoms with E-state index in [1.807, 2.05) is 29.2 Å². The van der Waals surface area contributed by atoms with Crippen LogP contribution in [0.5, 0.6) is 0 Å². The highest BCUT2D eigenvalue weighted by Crippen LogP contribution is 2.24. The van der Waals surface area contributed by atoms with Gasteiger partial charge in [0.25, 0.3) is 5.91 Å². The van der Waals surface area contributed by atoms with E-state index in [0.717, 1.165) is 36.8 Å². The standard InChI is InChI=1S/C22H28ClN3O/c1-16-7-6-10-21(17(16)2)25-11-13-26(14-12-25)22(27)15-24-18(3)19-8-4-5-9-20(19)23/h4-10,18,24H,11-15H2,1-3H3/p+1/t18-/m0/s1. The van der Waals surface area contributed by atoms with Crippen molar-refractivity contribution in [1.29, 1.82) is 0 Å². The Balaban J connectivity index is 1.51. The maximum absolute atomic E-state index is 12.6. The molecule has 1 fully saturated rings. The van der Waals surface area contributed by atoms with E-state index >= 15 is 0 Å². The van der Waals surface area contributed by atoms with Crippen molar-refractivity contribution in [3.8, 4) is 0 Å². The third-order valence-corrected chi connectivity index (χ3v) is 5.94. The summed E-state index contributed by atoms with van der Waals surface area (Å²) in [5.74, 6) is 0.203. The fourth-order valence-corrected chi connectivity index (χ4v) is 3.96. The number of rotatable bonds is 5. The number of piperazine rings is 1. The predicted molar refractivity (Wildman–Crippen MR) is 111 cm³/mol. The van der Waals surface area contributed by atoms with E-state index in [4.69, 9.17) is 11.6 Å². The fourth-order valence-electron chi connectivity index (χ4n) is 3.65. The smallest absolute Gasteiger partial charge is 0.277 e. The summed E-state index contributed by atoms with van der Waals surface area (Å²) < 4.78 is 0. The SMILES string of the molecule is Cc1cccc(N2CCN(C(=O)C[NH2+][C@@H](C)c3ccccc3Cl)CC2)c1C. The molecule has 0 radical (unpaired) electrons. The molecule has 0 spiro atoms. The molecule has 3 rings (SSSR count). The minimum atomic E-state index is 0.166. The third kappa shape index (κ3) is 4.63. The van der Waals surface area contributed by atoms with Crippen LogP contribution in [0, 0.1) is 13.8 Å². The molecule has 1 amide bonds. The van der Waals surface area contributed by atoms with E-state index in [1.165, 1.54) is 16.8 Å². The molecule has 4 nitrogen and oxygen atoms in total. The Labute approximate surface area is 167 Å². The van der Waals surface area contributed by atoms with Crippen molar-refractivity contribution in [2.24, 2.45) is 0 Å². The molecule has 0 saturated carbocycles. The van der Waals surface area contributed by atoms with Crippen LogP contribution in [0.1, 0.15) is 29.7 Å². The first-order valence-electron chi connectivity index (χ1n) is 9.64. The lowest BCUT2D eigenvalue weighted by atomic mass is 10.1. The summed E-state index contributed by atoms with van der Waals surface area (Å²) in [6.07, 6.45) is 0. The number of benzene rings is 2. The molecular weight excluding hydrogens is 358 g/mol. The Bertz CT molecular complexity index is 800. The highest BCUT2D eigenvalue weighted by Gasteiger charge is 2.24. The number of hydrogen-bond acceptors (Lipinski definition) is 2. The number of carbonyl (C=O) groups is 1. The second-order valence-corrected chi connectivity index (χ2v) is 7.74. The Morgan fingerprint density at radius 3 is 2.48 bits per heavy atom. The molecule has 1 saturated heterocycles. The van der Waals surface area contributed by atoms with Gasteiger partial charge in [-0.25, -0.2) is 0 Å². The van der Waals surface area contributed by atoms with E-state index in [9.17, 15) is 4.79 Å². The van der Waals surface area contributed by atoms with Gasteiger partial charge in [-0.15, -0.1) is 0 Å². The fraction of sp³-hybridized carbons (Fsp3) is 0.409. The molecule has 1 aliphatic heterocycles. The van der Waals surface area contributed by atoms with Gasteiger partial charge >= 0.3 is 0 Å². The normalized spacial score (nSPS) is 15.7. The van der Waals surface area contributed by atoms with Crippen LogP contribution in [-0.4, -0.2) is 43.5 Å². The number of hydrogen-bond donors (Lipinski definition) is 1. The average Bonchev–Trinajstić information content (AvgIpc) is 2.68. The monoisotopic (exact) mass is 386 g/mol. The van der Waals surface area contributed by atoms with E-state index in [0.29, 0.717) is 6.54 Å². The van der Waals surface area contributed by atoms with Gasteiger partial charge in [0.15, 0.2) is 6.54 Å². The zero-order chi connectivity index (χ0) is 19.4. The highest BCUT2D eigenvalue weighted by molar-refractivity contribution is 6.31. The molecule has 0 aromatic heterocycles. The topological polar surface area (TPSA) is 40.2 Å². The van der Waals surface area contributed by atoms with Gasteiger partial charge in [0, 0.05) is 42.5 Å². The van der Waals surface area contributed by atoms with Crippen LogP contribution in [0.3, 0.4) is 0 Å². The van der Waals surface area contributed by atoms with Gasteiger partial charge in [-0.1, -0.05) is 41.9 Å². The predicted octanol–water partition coefficient (Wildman–Crippen LogP) is 2.93. The minimum absolute atomic E-state index is 0.166. The molecule has 2 aromatic rings. The summed E-state index contributed by atoms with van der Waals surface area (Å²) in [5.41, 5.74) is 5.01. The number of carbonyl (C=O) groups excluding carboxylic acids is 1. The second-order valence-electron chi connectivity index (χ2n) is 7.34. The zero-order valence-corrected chi connectivity index (χ0v) is 17.2. The van der Waals surface area contributed by atoms with Gasteiger partial charge in [0.1, 0.15) is 6.04 Å². The number of quaternary nitrogens is 1. The molecule has 0 bridgehead atoms. The molecule has 1 heterocycles. The molecule has 5 heteroatoms. The van der Waals surface area contributed by atoms with Crippen molar-refractivity contribution in [2.45, 2.75) is 26.8 Å². The van der Waals surface area contributed by atoms with Crippen LogP contribution < -0.4 is 10.2 Å². The van der Waals surface area contributed by atoms with Crippen molar-refractivity contribution in [1.82, 2.24) is 4.90 Å². The van der Waals surface area contributed by atoms with Gasteiger partial charge in [0.2, 0.25) is 0 Å². The minimum Gasteiger partial charge on any atom is -0.368 e. The van der Waals surface area contributed by atoms with Gasteiger partial charge in [-0.05, 0) is 44.0 Å². The molecule has 2 N–H and O–H groups in total. The number of anilines is 1. The Morgan fingerprint density at radius 1 is 1.07 bits per heavy atom. The molecule has 1 atom stereocenters. The Kier molecular flexibility index (Phi) is 6.40. The number of nitrogens with zero attached hydrogens (tertiary/aromatic N) is 2. The average molecular weight is 387 g/mol. The van der Waals surface area contributed by atoms with Crippen LogP contribution in [0.15, 0.2) is 42.5 Å². The van der Waals surface area contributed by atoms with E-state index in [1.54, 1.807) is 0 Å². The summed E-state index contributed by atoms with van der Waals surface area (Å²) in [5, 5.41) is 2.83. The second kappa shape index (κ2) is 8.77. The summed E-state index contributed by atoms with van der Waals surface area (Å²) in [6, 6.07) is 14.4. The van der Waals surface area contributed by atoms with E-state index < -0.39 is 0 Å². The molecule has 0 unspecified atom stereocenters. The van der Waals surface area contributed by atoms with Crippen LogP contribution in [0.2, 0.25) is 5.02 Å². The van der Waals surface area contributed by atoms with Gasteiger partial charge in [-0.3, -0.25) is 4.79 Å². The van der Waals surface area contributed by atoms with Crippen LogP contribution in [0.4, 0.5) is 5.69 Å². The summed E-state index contributed by atoms with van der Waals surface area (Å²) in [7, 11) is 0. The van der Waals surface area contributed by atoms with Crippen LogP contribution in [0.25, 0.3) is 0 Å². The first-order chi connectivity index (χ1) is 13.0. The third-order valence-electron chi connectivity index (χ3n) is 5.59. The lowest BCUT2D eigenvalue weighted by molar-refractivity contribution is -0.683. The Morgan fingerprint density at radius 2 is 1.78 bits per heavy atom.